The van der Waals surface area contributed by atoms with Crippen molar-refractivity contribution in [1.29, 1.82) is 0 Å². The lowest BCUT2D eigenvalue weighted by atomic mass is 9.87. The Morgan fingerprint density at radius 1 is 1.39 bits per heavy atom. The van der Waals surface area contributed by atoms with Crippen LogP contribution in [0.25, 0.3) is 0 Å². The van der Waals surface area contributed by atoms with E-state index in [0.29, 0.717) is 31.9 Å². The van der Waals surface area contributed by atoms with Crippen LogP contribution >= 0.6 is 0 Å². The second kappa shape index (κ2) is 5.22. The lowest BCUT2D eigenvalue weighted by Crippen LogP contribution is -2.35. The molecular weight excluding hydrogens is 232 g/mol. The van der Waals surface area contributed by atoms with Crippen molar-refractivity contribution in [2.45, 2.75) is 32.0 Å². The second-order valence-corrected chi connectivity index (χ2v) is 5.15. The minimum Gasteiger partial charge on any atom is -0.477 e. The summed E-state index contributed by atoms with van der Waals surface area (Å²) in [7, 11) is 0. The first kappa shape index (κ1) is 13.3. The van der Waals surface area contributed by atoms with Crippen LogP contribution in [0, 0.1) is 12.3 Å². The lowest BCUT2D eigenvalue weighted by Gasteiger charge is -2.26. The summed E-state index contributed by atoms with van der Waals surface area (Å²) in [6, 6.07) is 5.57. The summed E-state index contributed by atoms with van der Waals surface area (Å²) in [6.07, 6.45) is -0.474. The minimum absolute atomic E-state index is 0.357. The van der Waals surface area contributed by atoms with Crippen LogP contribution in [-0.2, 0) is 0 Å². The fourth-order valence-electron chi connectivity index (χ4n) is 2.41. The van der Waals surface area contributed by atoms with Crippen LogP contribution < -0.4 is 10.5 Å². The van der Waals surface area contributed by atoms with Crippen LogP contribution in [0.15, 0.2) is 18.2 Å². The molecule has 1 aliphatic rings. The van der Waals surface area contributed by atoms with Crippen LogP contribution in [0.1, 0.15) is 18.5 Å². The van der Waals surface area contributed by atoms with Crippen LogP contribution in [0.3, 0.4) is 0 Å². The van der Waals surface area contributed by atoms with Gasteiger partial charge in [-0.15, -0.1) is 0 Å². The van der Waals surface area contributed by atoms with Gasteiger partial charge in [-0.3, -0.25) is 0 Å². The van der Waals surface area contributed by atoms with E-state index in [4.69, 9.17) is 10.5 Å². The normalized spacial score (nSPS) is 31.6. The van der Waals surface area contributed by atoms with E-state index in [0.717, 1.165) is 5.69 Å². The summed E-state index contributed by atoms with van der Waals surface area (Å²) < 4.78 is 5.65. The van der Waals surface area contributed by atoms with Gasteiger partial charge in [-0.05, 0) is 25.8 Å². The second-order valence-electron chi connectivity index (χ2n) is 5.15. The maximum Gasteiger partial charge on any atom is 0.213 e. The lowest BCUT2D eigenvalue weighted by molar-refractivity contribution is 0.0438. The highest BCUT2D eigenvalue weighted by Crippen LogP contribution is 2.38. The molecule has 1 saturated carbocycles. The van der Waals surface area contributed by atoms with E-state index in [9.17, 15) is 10.2 Å². The summed E-state index contributed by atoms with van der Waals surface area (Å²) in [5.41, 5.74) is 6.30. The number of aliphatic hydroxyl groups excluding tert-OH is 2. The molecule has 5 nitrogen and oxygen atoms in total. The Labute approximate surface area is 107 Å². The van der Waals surface area contributed by atoms with Crippen molar-refractivity contribution in [2.24, 2.45) is 11.1 Å². The predicted molar refractivity (Wildman–Crippen MR) is 67.2 cm³/mol. The molecule has 18 heavy (non-hydrogen) atoms. The van der Waals surface area contributed by atoms with Gasteiger partial charge in [-0.1, -0.05) is 6.07 Å². The Bertz CT molecular complexity index is 401. The third kappa shape index (κ3) is 2.80. The molecule has 1 heterocycles. The van der Waals surface area contributed by atoms with Gasteiger partial charge in [0.2, 0.25) is 5.88 Å². The van der Waals surface area contributed by atoms with E-state index < -0.39 is 12.2 Å². The highest BCUT2D eigenvalue weighted by Gasteiger charge is 2.43. The predicted octanol–water partition coefficient (Wildman–Crippen LogP) is 0.230. The number of aryl methyl sites for hydroxylation is 1. The molecule has 3 atom stereocenters. The van der Waals surface area contributed by atoms with Gasteiger partial charge in [0.25, 0.3) is 0 Å². The number of pyridine rings is 1. The van der Waals surface area contributed by atoms with Crippen LogP contribution in [0.5, 0.6) is 5.88 Å². The Hall–Kier alpha value is -1.17. The first-order chi connectivity index (χ1) is 8.54. The van der Waals surface area contributed by atoms with Gasteiger partial charge in [0.15, 0.2) is 0 Å². The molecule has 0 amide bonds. The largest absolute Gasteiger partial charge is 0.477 e. The quantitative estimate of drug-likeness (QED) is 0.714. The Balaban J connectivity index is 2.00. The third-order valence-corrected chi connectivity index (χ3v) is 3.55. The highest BCUT2D eigenvalue weighted by molar-refractivity contribution is 5.15. The average molecular weight is 252 g/mol. The Kier molecular flexibility index (Phi) is 3.85. The van der Waals surface area contributed by atoms with Crippen LogP contribution in [0.4, 0.5) is 0 Å². The summed E-state index contributed by atoms with van der Waals surface area (Å²) in [5, 5.41) is 19.3. The summed E-state index contributed by atoms with van der Waals surface area (Å²) in [6.45, 7) is 2.65. The third-order valence-electron chi connectivity index (χ3n) is 3.55. The van der Waals surface area contributed by atoms with E-state index in [1.807, 2.05) is 19.1 Å². The molecule has 1 aromatic heterocycles. The highest BCUT2D eigenvalue weighted by atomic mass is 16.5. The van der Waals surface area contributed by atoms with Crippen molar-refractivity contribution >= 4 is 0 Å². The fourth-order valence-corrected chi connectivity index (χ4v) is 2.41. The first-order valence-electron chi connectivity index (χ1n) is 6.17. The first-order valence-corrected chi connectivity index (χ1v) is 6.17. The van der Waals surface area contributed by atoms with Gasteiger partial charge in [-0.2, -0.15) is 0 Å². The van der Waals surface area contributed by atoms with E-state index in [1.54, 1.807) is 6.07 Å². The van der Waals surface area contributed by atoms with Gasteiger partial charge < -0.3 is 20.7 Å². The molecule has 5 heteroatoms. The van der Waals surface area contributed by atoms with Crippen molar-refractivity contribution in [2.75, 3.05) is 13.2 Å². The number of rotatable bonds is 4. The standard InChI is InChI=1S/C13H20N2O3/c1-9-3-2-4-12(15-9)18-8-13(7-14)5-10(16)11(17)6-13/h2-4,10-11,16-17H,5-8,14H2,1H3/t10-,11+,13?. The molecule has 0 aliphatic heterocycles. The Morgan fingerprint density at radius 2 is 2.06 bits per heavy atom. The average Bonchev–Trinajstić information content (AvgIpc) is 2.64. The summed E-state index contributed by atoms with van der Waals surface area (Å²) in [4.78, 5) is 4.25. The summed E-state index contributed by atoms with van der Waals surface area (Å²) in [5.74, 6) is 0.554. The number of hydrogen-bond donors (Lipinski definition) is 3. The molecule has 0 aromatic carbocycles. The monoisotopic (exact) mass is 252 g/mol. The molecule has 0 spiro atoms. The van der Waals surface area contributed by atoms with Crippen molar-refractivity contribution < 1.29 is 14.9 Å². The molecule has 0 radical (unpaired) electrons. The molecule has 0 bridgehead atoms. The zero-order valence-electron chi connectivity index (χ0n) is 10.5. The molecule has 4 N–H and O–H groups in total. The zero-order chi connectivity index (χ0) is 13.2. The summed E-state index contributed by atoms with van der Waals surface area (Å²) >= 11 is 0. The molecule has 1 aromatic rings. The maximum absolute atomic E-state index is 9.63. The van der Waals surface area contributed by atoms with E-state index in [1.165, 1.54) is 0 Å². The van der Waals surface area contributed by atoms with Crippen molar-refractivity contribution in [3.8, 4) is 5.88 Å². The van der Waals surface area contributed by atoms with Gasteiger partial charge in [0.05, 0.1) is 18.8 Å². The zero-order valence-corrected chi connectivity index (χ0v) is 10.5. The number of aromatic nitrogens is 1. The van der Waals surface area contributed by atoms with Crippen LogP contribution in [0.2, 0.25) is 0 Å². The number of nitrogens with zero attached hydrogens (tertiary/aromatic N) is 1. The molecule has 0 saturated heterocycles. The van der Waals surface area contributed by atoms with E-state index in [-0.39, 0.29) is 5.41 Å². The molecule has 1 aliphatic carbocycles. The van der Waals surface area contributed by atoms with Crippen molar-refractivity contribution in [3.63, 3.8) is 0 Å². The van der Waals surface area contributed by atoms with Gasteiger partial charge >= 0.3 is 0 Å². The molecule has 100 valence electrons. The van der Waals surface area contributed by atoms with Gasteiger partial charge in [-0.25, -0.2) is 4.98 Å². The molecule has 2 rings (SSSR count). The number of ether oxygens (including phenoxy) is 1. The fraction of sp³-hybridized carbons (Fsp3) is 0.615. The molecular formula is C13H20N2O3. The van der Waals surface area contributed by atoms with E-state index in [2.05, 4.69) is 4.98 Å². The smallest absolute Gasteiger partial charge is 0.213 e. The van der Waals surface area contributed by atoms with Crippen molar-refractivity contribution in [1.82, 2.24) is 4.98 Å². The topological polar surface area (TPSA) is 88.6 Å². The SMILES string of the molecule is Cc1cccc(OCC2(CN)C[C@@H](O)[C@@H](O)C2)n1. The Morgan fingerprint density at radius 3 is 2.61 bits per heavy atom. The molecule has 1 unspecified atom stereocenters. The molecule has 1 fully saturated rings. The van der Waals surface area contributed by atoms with Crippen molar-refractivity contribution in [3.05, 3.63) is 23.9 Å². The van der Waals surface area contributed by atoms with Crippen LogP contribution in [-0.4, -0.2) is 40.6 Å². The van der Waals surface area contributed by atoms with E-state index >= 15 is 0 Å². The number of nitrogens with two attached hydrogens (primary N) is 1. The number of aliphatic hydroxyl groups is 2. The van der Waals surface area contributed by atoms with Gasteiger partial charge in [0, 0.05) is 23.7 Å². The maximum atomic E-state index is 9.63. The minimum atomic E-state index is -0.706. The van der Waals surface area contributed by atoms with Gasteiger partial charge in [0.1, 0.15) is 0 Å². The number of hydrogen-bond acceptors (Lipinski definition) is 5.